The Morgan fingerprint density at radius 2 is 1.79 bits per heavy atom. The lowest BCUT2D eigenvalue weighted by Gasteiger charge is -2.36. The van der Waals surface area contributed by atoms with Gasteiger partial charge in [-0.15, -0.1) is 0 Å². The van der Waals surface area contributed by atoms with Crippen molar-refractivity contribution in [3.05, 3.63) is 0 Å². The van der Waals surface area contributed by atoms with Crippen molar-refractivity contribution in [1.82, 2.24) is 4.90 Å². The molecule has 3 unspecified atom stereocenters. The van der Waals surface area contributed by atoms with E-state index >= 15 is 0 Å². The molecule has 0 aromatic rings. The molecule has 0 bridgehead atoms. The van der Waals surface area contributed by atoms with Crippen LogP contribution in [0.25, 0.3) is 0 Å². The number of aliphatic hydroxyl groups excluding tert-OH is 1. The number of aliphatic hydroxyl groups is 1. The lowest BCUT2D eigenvalue weighted by molar-refractivity contribution is 0.109. The molecule has 2 saturated carbocycles. The quantitative estimate of drug-likeness (QED) is 0.768. The van der Waals surface area contributed by atoms with E-state index < -0.39 is 0 Å². The number of fused-ring (bicyclic) bond motifs is 1. The molecule has 1 heterocycles. The van der Waals surface area contributed by atoms with Gasteiger partial charge < -0.3 is 15.7 Å². The lowest BCUT2D eigenvalue weighted by atomic mass is 9.80. The van der Waals surface area contributed by atoms with Crippen LogP contribution in [0.5, 0.6) is 0 Å². The molecule has 0 aromatic heterocycles. The van der Waals surface area contributed by atoms with Crippen LogP contribution in [0.3, 0.4) is 0 Å². The highest BCUT2D eigenvalue weighted by molar-refractivity contribution is 4.96. The molecule has 3 heteroatoms. The van der Waals surface area contributed by atoms with E-state index in [4.69, 9.17) is 5.73 Å². The second-order valence-electron chi connectivity index (χ2n) is 7.38. The molecule has 3 aliphatic rings. The SMILES string of the molecule is NCC1(CN2CC3CCC(O)C3C2)CCCCCC1. The summed E-state index contributed by atoms with van der Waals surface area (Å²) in [4.78, 5) is 2.62. The van der Waals surface area contributed by atoms with Crippen LogP contribution in [-0.4, -0.2) is 42.3 Å². The number of likely N-dealkylation sites (tertiary alicyclic amines) is 1. The van der Waals surface area contributed by atoms with E-state index in [1.807, 2.05) is 0 Å². The van der Waals surface area contributed by atoms with Gasteiger partial charge >= 0.3 is 0 Å². The molecule has 3 fully saturated rings. The minimum atomic E-state index is -0.0297. The number of nitrogens with two attached hydrogens (primary N) is 1. The van der Waals surface area contributed by atoms with Gasteiger partial charge in [0, 0.05) is 25.6 Å². The van der Waals surface area contributed by atoms with Gasteiger partial charge in [-0.25, -0.2) is 0 Å². The van der Waals surface area contributed by atoms with Gasteiger partial charge in [0.15, 0.2) is 0 Å². The van der Waals surface area contributed by atoms with E-state index in [1.165, 1.54) is 58.0 Å². The van der Waals surface area contributed by atoms with Gasteiger partial charge in [-0.1, -0.05) is 25.7 Å². The standard InChI is InChI=1S/C16H30N2O/c17-11-16(7-3-1-2-4-8-16)12-18-9-13-5-6-15(19)14(13)10-18/h13-15,19H,1-12,17H2. The molecule has 3 atom stereocenters. The summed E-state index contributed by atoms with van der Waals surface area (Å²) in [6, 6.07) is 0. The van der Waals surface area contributed by atoms with Gasteiger partial charge in [0.25, 0.3) is 0 Å². The zero-order chi connectivity index (χ0) is 13.3. The molecule has 3 N–H and O–H groups in total. The maximum absolute atomic E-state index is 10.0. The summed E-state index contributed by atoms with van der Waals surface area (Å²) in [7, 11) is 0. The normalized spacial score (nSPS) is 39.2. The lowest BCUT2D eigenvalue weighted by Crippen LogP contribution is -2.42. The predicted octanol–water partition coefficient (Wildman–Crippen LogP) is 1.99. The zero-order valence-electron chi connectivity index (χ0n) is 12.2. The van der Waals surface area contributed by atoms with E-state index in [0.717, 1.165) is 25.4 Å². The highest BCUT2D eigenvalue weighted by atomic mass is 16.3. The van der Waals surface area contributed by atoms with E-state index in [1.54, 1.807) is 0 Å². The summed E-state index contributed by atoms with van der Waals surface area (Å²) in [5.41, 5.74) is 6.53. The smallest absolute Gasteiger partial charge is 0.0583 e. The Morgan fingerprint density at radius 3 is 2.42 bits per heavy atom. The largest absolute Gasteiger partial charge is 0.393 e. The van der Waals surface area contributed by atoms with Crippen molar-refractivity contribution in [1.29, 1.82) is 0 Å². The maximum atomic E-state index is 10.0. The van der Waals surface area contributed by atoms with Crippen molar-refractivity contribution in [2.75, 3.05) is 26.2 Å². The number of hydrogen-bond donors (Lipinski definition) is 2. The second-order valence-corrected chi connectivity index (χ2v) is 7.38. The first kappa shape index (κ1) is 13.8. The Labute approximate surface area is 117 Å². The van der Waals surface area contributed by atoms with Crippen molar-refractivity contribution >= 4 is 0 Å². The van der Waals surface area contributed by atoms with E-state index in [0.29, 0.717) is 11.3 Å². The minimum absolute atomic E-state index is 0.0297. The summed E-state index contributed by atoms with van der Waals surface area (Å²) >= 11 is 0. The van der Waals surface area contributed by atoms with Crippen LogP contribution in [-0.2, 0) is 0 Å². The molecule has 2 aliphatic carbocycles. The topological polar surface area (TPSA) is 49.5 Å². The molecule has 110 valence electrons. The van der Waals surface area contributed by atoms with Gasteiger partial charge in [0.05, 0.1) is 6.10 Å². The Kier molecular flexibility index (Phi) is 4.16. The van der Waals surface area contributed by atoms with Crippen LogP contribution in [0.1, 0.15) is 51.4 Å². The monoisotopic (exact) mass is 266 g/mol. The predicted molar refractivity (Wildman–Crippen MR) is 77.9 cm³/mol. The Hall–Kier alpha value is -0.120. The van der Waals surface area contributed by atoms with Crippen molar-refractivity contribution in [3.63, 3.8) is 0 Å². The van der Waals surface area contributed by atoms with E-state index in [2.05, 4.69) is 4.90 Å². The van der Waals surface area contributed by atoms with Crippen LogP contribution < -0.4 is 5.73 Å². The third-order valence-corrected chi connectivity index (χ3v) is 6.05. The Bertz CT molecular complexity index is 299. The molecular formula is C16H30N2O. The van der Waals surface area contributed by atoms with Gasteiger partial charge in [-0.3, -0.25) is 0 Å². The molecule has 0 radical (unpaired) electrons. The molecule has 0 spiro atoms. The van der Waals surface area contributed by atoms with Crippen LogP contribution in [0.2, 0.25) is 0 Å². The molecule has 3 nitrogen and oxygen atoms in total. The fourth-order valence-corrected chi connectivity index (χ4v) is 4.84. The highest BCUT2D eigenvalue weighted by Gasteiger charge is 2.43. The first-order valence-corrected chi connectivity index (χ1v) is 8.33. The molecule has 1 aliphatic heterocycles. The Balaban J connectivity index is 1.60. The first-order valence-electron chi connectivity index (χ1n) is 8.33. The number of hydrogen-bond acceptors (Lipinski definition) is 3. The third kappa shape index (κ3) is 2.84. The van der Waals surface area contributed by atoms with Crippen LogP contribution >= 0.6 is 0 Å². The van der Waals surface area contributed by atoms with Crippen molar-refractivity contribution in [3.8, 4) is 0 Å². The first-order chi connectivity index (χ1) is 9.22. The van der Waals surface area contributed by atoms with Crippen LogP contribution in [0, 0.1) is 17.3 Å². The number of rotatable bonds is 3. The number of nitrogens with zero attached hydrogens (tertiary/aromatic N) is 1. The summed E-state index contributed by atoms with van der Waals surface area (Å²) in [5.74, 6) is 1.32. The molecule has 1 saturated heterocycles. The van der Waals surface area contributed by atoms with Gasteiger partial charge in [-0.2, -0.15) is 0 Å². The van der Waals surface area contributed by atoms with Gasteiger partial charge in [-0.05, 0) is 43.6 Å². The Morgan fingerprint density at radius 1 is 1.05 bits per heavy atom. The summed E-state index contributed by atoms with van der Waals surface area (Å²) in [5, 5.41) is 10.0. The molecule has 0 aromatic carbocycles. The minimum Gasteiger partial charge on any atom is -0.393 e. The fraction of sp³-hybridized carbons (Fsp3) is 1.00. The average Bonchev–Trinajstić information content (AvgIpc) is 2.85. The fourth-order valence-electron chi connectivity index (χ4n) is 4.84. The van der Waals surface area contributed by atoms with Crippen molar-refractivity contribution < 1.29 is 5.11 Å². The van der Waals surface area contributed by atoms with Crippen molar-refractivity contribution in [2.24, 2.45) is 23.0 Å². The van der Waals surface area contributed by atoms with Crippen LogP contribution in [0.15, 0.2) is 0 Å². The van der Waals surface area contributed by atoms with Crippen molar-refractivity contribution in [2.45, 2.75) is 57.5 Å². The highest BCUT2D eigenvalue weighted by Crippen LogP contribution is 2.41. The molecule has 0 amide bonds. The summed E-state index contributed by atoms with van der Waals surface area (Å²) in [6.45, 7) is 4.36. The van der Waals surface area contributed by atoms with Crippen LogP contribution in [0.4, 0.5) is 0 Å². The van der Waals surface area contributed by atoms with Gasteiger partial charge in [0.2, 0.25) is 0 Å². The van der Waals surface area contributed by atoms with Gasteiger partial charge in [0.1, 0.15) is 0 Å². The zero-order valence-corrected chi connectivity index (χ0v) is 12.2. The van der Waals surface area contributed by atoms with E-state index in [9.17, 15) is 5.11 Å². The average molecular weight is 266 g/mol. The molecule has 3 rings (SSSR count). The van der Waals surface area contributed by atoms with E-state index in [-0.39, 0.29) is 6.10 Å². The summed E-state index contributed by atoms with van der Waals surface area (Å²) < 4.78 is 0. The second kappa shape index (κ2) is 5.71. The third-order valence-electron chi connectivity index (χ3n) is 6.05. The summed E-state index contributed by atoms with van der Waals surface area (Å²) in [6.07, 6.45) is 10.4. The maximum Gasteiger partial charge on any atom is 0.0583 e. The molecule has 19 heavy (non-hydrogen) atoms. The molecular weight excluding hydrogens is 236 g/mol.